The van der Waals surface area contributed by atoms with E-state index in [4.69, 9.17) is 23.7 Å². The van der Waals surface area contributed by atoms with Gasteiger partial charge in [0.05, 0.1) is 10.4 Å². The first-order chi connectivity index (χ1) is 9.45. The van der Waals surface area contributed by atoms with Crippen LogP contribution in [-0.2, 0) is 9.59 Å². The van der Waals surface area contributed by atoms with E-state index in [1.54, 1.807) is 0 Å². The quantitative estimate of drug-likeness (QED) is 0.756. The Kier molecular flexibility index (Phi) is 4.62. The zero-order valence-corrected chi connectivity index (χ0v) is 12.6. The fraction of sp³-hybridized carbons (Fsp3) is 0.786. The number of thiocarbonyl (C=S) groups is 1. The first kappa shape index (κ1) is 15.2. The molecule has 0 bridgehead atoms. The van der Waals surface area contributed by atoms with Gasteiger partial charge in [-0.1, -0.05) is 25.1 Å². The van der Waals surface area contributed by atoms with Crippen LogP contribution in [0, 0.1) is 11.3 Å². The number of piperidine rings is 1. The molecule has 1 aliphatic heterocycles. The average molecular weight is 297 g/mol. The monoisotopic (exact) mass is 297 g/mol. The summed E-state index contributed by atoms with van der Waals surface area (Å²) >= 11 is 5.16. The minimum absolute atomic E-state index is 0.0972. The van der Waals surface area contributed by atoms with Crippen molar-refractivity contribution in [1.82, 2.24) is 4.90 Å². The summed E-state index contributed by atoms with van der Waals surface area (Å²) in [5.74, 6) is 0.145. The highest BCUT2D eigenvalue weighted by atomic mass is 32.1. The van der Waals surface area contributed by atoms with Crippen LogP contribution in [0.15, 0.2) is 0 Å². The van der Waals surface area contributed by atoms with Gasteiger partial charge in [-0.05, 0) is 31.6 Å². The van der Waals surface area contributed by atoms with Crippen molar-refractivity contribution in [2.75, 3.05) is 13.1 Å². The Balaban J connectivity index is 1.97. The number of hydrogen-bond acceptors (Lipinski definition) is 3. The molecule has 2 fully saturated rings. The summed E-state index contributed by atoms with van der Waals surface area (Å²) in [6.07, 6.45) is 5.68. The number of rotatable bonds is 4. The Labute approximate surface area is 125 Å². The van der Waals surface area contributed by atoms with E-state index in [9.17, 15) is 9.59 Å². The van der Waals surface area contributed by atoms with Gasteiger partial charge in [0.25, 0.3) is 0 Å². The molecule has 5 nitrogen and oxygen atoms in total. The van der Waals surface area contributed by atoms with Crippen molar-refractivity contribution >= 4 is 29.0 Å². The first-order valence-electron chi connectivity index (χ1n) is 7.33. The molecule has 2 rings (SSSR count). The van der Waals surface area contributed by atoms with Gasteiger partial charge in [0.15, 0.2) is 0 Å². The van der Waals surface area contributed by atoms with Gasteiger partial charge in [-0.3, -0.25) is 9.59 Å². The smallest absolute Gasteiger partial charge is 0.235 e. The van der Waals surface area contributed by atoms with E-state index in [1.807, 2.05) is 4.90 Å². The van der Waals surface area contributed by atoms with Crippen molar-refractivity contribution < 1.29 is 9.59 Å². The Morgan fingerprint density at radius 2 is 1.70 bits per heavy atom. The highest BCUT2D eigenvalue weighted by Crippen LogP contribution is 2.41. The van der Waals surface area contributed by atoms with Crippen LogP contribution in [0.4, 0.5) is 0 Å². The van der Waals surface area contributed by atoms with Crippen LogP contribution in [0.3, 0.4) is 0 Å². The van der Waals surface area contributed by atoms with Gasteiger partial charge < -0.3 is 16.4 Å². The summed E-state index contributed by atoms with van der Waals surface area (Å²) in [7, 11) is 0. The van der Waals surface area contributed by atoms with Gasteiger partial charge >= 0.3 is 0 Å². The molecule has 6 heteroatoms. The molecule has 112 valence electrons. The Bertz CT molecular complexity index is 411. The lowest BCUT2D eigenvalue weighted by atomic mass is 9.83. The molecular weight excluding hydrogens is 274 g/mol. The molecule has 0 aromatic rings. The van der Waals surface area contributed by atoms with Gasteiger partial charge in [-0.25, -0.2) is 0 Å². The molecule has 2 amide bonds. The molecule has 0 atom stereocenters. The van der Waals surface area contributed by atoms with Crippen LogP contribution in [-0.4, -0.2) is 34.8 Å². The number of nitrogens with two attached hydrogens (primary N) is 2. The van der Waals surface area contributed by atoms with Crippen LogP contribution >= 0.6 is 12.2 Å². The molecule has 4 N–H and O–H groups in total. The van der Waals surface area contributed by atoms with Crippen molar-refractivity contribution in [1.29, 1.82) is 0 Å². The molecule has 1 saturated carbocycles. The van der Waals surface area contributed by atoms with Crippen molar-refractivity contribution in [3.05, 3.63) is 0 Å². The van der Waals surface area contributed by atoms with E-state index in [0.29, 0.717) is 30.4 Å². The molecule has 2 aliphatic rings. The minimum Gasteiger partial charge on any atom is -0.392 e. The fourth-order valence-corrected chi connectivity index (χ4v) is 3.76. The van der Waals surface area contributed by atoms with Crippen molar-refractivity contribution in [2.45, 2.75) is 44.9 Å². The van der Waals surface area contributed by atoms with E-state index in [-0.39, 0.29) is 11.8 Å². The summed E-state index contributed by atoms with van der Waals surface area (Å²) in [6, 6.07) is 0. The van der Waals surface area contributed by atoms with Crippen LogP contribution < -0.4 is 11.5 Å². The zero-order valence-electron chi connectivity index (χ0n) is 11.8. The SMILES string of the molecule is NC(=O)CC1CCN(C(=O)C2(C(N)=S)CCCC2)CC1. The molecule has 0 aromatic heterocycles. The summed E-state index contributed by atoms with van der Waals surface area (Å²) in [5, 5.41) is 0. The maximum atomic E-state index is 12.8. The lowest BCUT2D eigenvalue weighted by Crippen LogP contribution is -2.51. The predicted octanol–water partition coefficient (Wildman–Crippen LogP) is 0.947. The Morgan fingerprint density at radius 3 is 2.15 bits per heavy atom. The maximum absolute atomic E-state index is 12.8. The van der Waals surface area contributed by atoms with Crippen LogP contribution in [0.2, 0.25) is 0 Å². The lowest BCUT2D eigenvalue weighted by Gasteiger charge is -2.37. The number of carbonyl (C=O) groups excluding carboxylic acids is 2. The number of amides is 2. The van der Waals surface area contributed by atoms with Crippen LogP contribution in [0.25, 0.3) is 0 Å². The number of nitrogens with zero attached hydrogens (tertiary/aromatic N) is 1. The van der Waals surface area contributed by atoms with Gasteiger partial charge in [0.1, 0.15) is 0 Å². The number of hydrogen-bond donors (Lipinski definition) is 2. The highest BCUT2D eigenvalue weighted by molar-refractivity contribution is 7.80. The normalized spacial score (nSPS) is 22.7. The third-order valence-electron chi connectivity index (χ3n) is 4.73. The summed E-state index contributed by atoms with van der Waals surface area (Å²) < 4.78 is 0. The fourth-order valence-electron chi connectivity index (χ4n) is 3.47. The van der Waals surface area contributed by atoms with Crippen LogP contribution in [0.1, 0.15) is 44.9 Å². The van der Waals surface area contributed by atoms with Crippen molar-refractivity contribution in [3.63, 3.8) is 0 Å². The molecule has 0 aromatic carbocycles. The first-order valence-corrected chi connectivity index (χ1v) is 7.74. The maximum Gasteiger partial charge on any atom is 0.235 e. The molecule has 0 radical (unpaired) electrons. The lowest BCUT2D eigenvalue weighted by molar-refractivity contribution is -0.139. The minimum atomic E-state index is -0.605. The van der Waals surface area contributed by atoms with E-state index in [2.05, 4.69) is 0 Å². The second-order valence-electron chi connectivity index (χ2n) is 6.06. The summed E-state index contributed by atoms with van der Waals surface area (Å²) in [6.45, 7) is 1.36. The van der Waals surface area contributed by atoms with E-state index >= 15 is 0 Å². The summed E-state index contributed by atoms with van der Waals surface area (Å²) in [4.78, 5) is 25.9. The number of carbonyl (C=O) groups is 2. The highest BCUT2D eigenvalue weighted by Gasteiger charge is 2.46. The largest absolute Gasteiger partial charge is 0.392 e. The molecule has 1 saturated heterocycles. The molecule has 0 unspecified atom stereocenters. The van der Waals surface area contributed by atoms with Gasteiger partial charge in [-0.2, -0.15) is 0 Å². The second-order valence-corrected chi connectivity index (χ2v) is 6.50. The molecule has 0 spiro atoms. The van der Waals surface area contributed by atoms with Gasteiger partial charge in [0.2, 0.25) is 11.8 Å². The molecule has 1 heterocycles. The standard InChI is InChI=1S/C14H23N3O2S/c15-11(18)9-10-3-7-17(8-4-10)13(19)14(12(16)20)5-1-2-6-14/h10H,1-9H2,(H2,15,18)(H2,16,20). The van der Waals surface area contributed by atoms with E-state index in [0.717, 1.165) is 38.5 Å². The predicted molar refractivity (Wildman–Crippen MR) is 80.8 cm³/mol. The zero-order chi connectivity index (χ0) is 14.8. The Hall–Kier alpha value is -1.17. The molecule has 20 heavy (non-hydrogen) atoms. The van der Waals surface area contributed by atoms with Gasteiger partial charge in [0, 0.05) is 19.5 Å². The summed E-state index contributed by atoms with van der Waals surface area (Å²) in [5.41, 5.74) is 10.5. The van der Waals surface area contributed by atoms with Crippen molar-refractivity contribution in [3.8, 4) is 0 Å². The van der Waals surface area contributed by atoms with Gasteiger partial charge in [-0.15, -0.1) is 0 Å². The van der Waals surface area contributed by atoms with E-state index < -0.39 is 5.41 Å². The molecule has 1 aliphatic carbocycles. The van der Waals surface area contributed by atoms with Crippen molar-refractivity contribution in [2.24, 2.45) is 22.8 Å². The molecular formula is C14H23N3O2S. The third-order valence-corrected chi connectivity index (χ3v) is 5.12. The number of likely N-dealkylation sites (tertiary alicyclic amines) is 1. The number of primary amides is 1. The Morgan fingerprint density at radius 1 is 1.15 bits per heavy atom. The topological polar surface area (TPSA) is 89.4 Å². The second kappa shape index (κ2) is 6.08. The van der Waals surface area contributed by atoms with Crippen LogP contribution in [0.5, 0.6) is 0 Å². The third kappa shape index (κ3) is 2.95. The van der Waals surface area contributed by atoms with E-state index in [1.165, 1.54) is 0 Å². The average Bonchev–Trinajstić information content (AvgIpc) is 2.88.